The van der Waals surface area contributed by atoms with E-state index in [1.54, 1.807) is 13.8 Å². The maximum atomic E-state index is 12.8. The van der Waals surface area contributed by atoms with Crippen molar-refractivity contribution in [1.82, 2.24) is 20.1 Å². The van der Waals surface area contributed by atoms with Crippen LogP contribution in [0, 0.1) is 5.92 Å². The number of hydrogen-bond acceptors (Lipinski definition) is 7. The Morgan fingerprint density at radius 3 is 2.29 bits per heavy atom. The van der Waals surface area contributed by atoms with Gasteiger partial charge in [-0.05, 0) is 55.9 Å². The number of esters is 1. The van der Waals surface area contributed by atoms with E-state index in [1.165, 1.54) is 28.6 Å². The second-order valence-corrected chi connectivity index (χ2v) is 10.5. The molecule has 0 bridgehead atoms. The Balaban J connectivity index is 1.56. The Hall–Kier alpha value is -2.99. The largest absolute Gasteiger partial charge is 0.452 e. The van der Waals surface area contributed by atoms with Crippen LogP contribution in [0.2, 0.25) is 0 Å². The zero-order valence-corrected chi connectivity index (χ0v) is 20.3. The van der Waals surface area contributed by atoms with Crippen LogP contribution in [0.1, 0.15) is 56.8 Å². The number of hydrazine groups is 1. The molecule has 2 N–H and O–H groups in total. The molecule has 1 saturated carbocycles. The first-order chi connectivity index (χ1) is 16.0. The Morgan fingerprint density at radius 1 is 1.15 bits per heavy atom. The number of ether oxygens (including phenoxy) is 1. The number of carbonyl (C=O) groups is 4. The third kappa shape index (κ3) is 5.07. The van der Waals surface area contributed by atoms with Crippen molar-refractivity contribution in [3.05, 3.63) is 29.8 Å². The SMILES string of the molecule is CCN(CC)S(=O)(=O)c1ccc(C(=O)OCC(=O)NN2C(=O)NC3(CCC(C)CC3)C2=O)cc1. The molecular weight excluding hydrogens is 464 g/mol. The summed E-state index contributed by atoms with van der Waals surface area (Å²) in [5.41, 5.74) is 1.25. The van der Waals surface area contributed by atoms with Gasteiger partial charge in [0.1, 0.15) is 5.54 Å². The summed E-state index contributed by atoms with van der Waals surface area (Å²) < 4.78 is 31.3. The molecule has 1 aliphatic heterocycles. The average molecular weight is 495 g/mol. The minimum absolute atomic E-state index is 0.0371. The number of rotatable bonds is 8. The number of benzene rings is 1. The molecule has 1 saturated heterocycles. The Kier molecular flexibility index (Phi) is 7.61. The van der Waals surface area contributed by atoms with Crippen molar-refractivity contribution in [3.8, 4) is 0 Å². The summed E-state index contributed by atoms with van der Waals surface area (Å²) in [7, 11) is -3.67. The predicted molar refractivity (Wildman–Crippen MR) is 121 cm³/mol. The predicted octanol–water partition coefficient (Wildman–Crippen LogP) is 1.41. The number of carbonyl (C=O) groups excluding carboxylic acids is 4. The number of nitrogens with zero attached hydrogens (tertiary/aromatic N) is 2. The molecule has 0 unspecified atom stereocenters. The number of imide groups is 1. The first-order valence-corrected chi connectivity index (χ1v) is 12.7. The van der Waals surface area contributed by atoms with E-state index >= 15 is 0 Å². The van der Waals surface area contributed by atoms with Crippen molar-refractivity contribution in [1.29, 1.82) is 0 Å². The van der Waals surface area contributed by atoms with Gasteiger partial charge in [-0.1, -0.05) is 20.8 Å². The van der Waals surface area contributed by atoms with E-state index in [9.17, 15) is 27.6 Å². The fourth-order valence-electron chi connectivity index (χ4n) is 4.16. The number of hydrogen-bond donors (Lipinski definition) is 2. The topological polar surface area (TPSA) is 142 Å². The summed E-state index contributed by atoms with van der Waals surface area (Å²) >= 11 is 0. The molecular formula is C22H30N4O7S. The van der Waals surface area contributed by atoms with Crippen LogP contribution in [-0.4, -0.2) is 66.8 Å². The van der Waals surface area contributed by atoms with Crippen molar-refractivity contribution in [2.45, 2.75) is 56.9 Å². The smallest absolute Gasteiger partial charge is 0.344 e. The highest BCUT2D eigenvalue weighted by atomic mass is 32.2. The third-order valence-corrected chi connectivity index (χ3v) is 8.36. The molecule has 4 amide bonds. The monoisotopic (exact) mass is 494 g/mol. The molecule has 2 fully saturated rings. The highest BCUT2D eigenvalue weighted by Crippen LogP contribution is 2.35. The maximum Gasteiger partial charge on any atom is 0.344 e. The molecule has 1 heterocycles. The van der Waals surface area contributed by atoms with Crippen LogP contribution < -0.4 is 10.7 Å². The first kappa shape index (κ1) is 25.6. The van der Waals surface area contributed by atoms with E-state index in [0.29, 0.717) is 36.9 Å². The van der Waals surface area contributed by atoms with Crippen molar-refractivity contribution in [2.24, 2.45) is 5.92 Å². The number of sulfonamides is 1. The summed E-state index contributed by atoms with van der Waals surface area (Å²) in [6.45, 7) is 5.45. The van der Waals surface area contributed by atoms with Crippen LogP contribution in [0.4, 0.5) is 4.79 Å². The van der Waals surface area contributed by atoms with Crippen molar-refractivity contribution < 1.29 is 32.3 Å². The number of nitrogens with one attached hydrogen (secondary N) is 2. The number of amides is 4. The van der Waals surface area contributed by atoms with Crippen LogP contribution in [0.25, 0.3) is 0 Å². The highest BCUT2D eigenvalue weighted by Gasteiger charge is 2.52. The molecule has 1 aliphatic carbocycles. The molecule has 1 aromatic carbocycles. The second kappa shape index (κ2) is 10.1. The Labute approximate surface area is 198 Å². The zero-order chi connectivity index (χ0) is 25.1. The van der Waals surface area contributed by atoms with Gasteiger partial charge in [-0.3, -0.25) is 15.0 Å². The molecule has 3 rings (SSSR count). The number of urea groups is 1. The molecule has 34 heavy (non-hydrogen) atoms. The summed E-state index contributed by atoms with van der Waals surface area (Å²) in [4.78, 5) is 49.6. The van der Waals surface area contributed by atoms with Gasteiger partial charge >= 0.3 is 12.0 Å². The molecule has 1 spiro atoms. The van der Waals surface area contributed by atoms with Gasteiger partial charge in [-0.15, -0.1) is 0 Å². The molecule has 2 aliphatic rings. The van der Waals surface area contributed by atoms with Crippen LogP contribution in [-0.2, 0) is 24.3 Å². The molecule has 1 aromatic rings. The lowest BCUT2D eigenvalue weighted by atomic mass is 9.77. The van der Waals surface area contributed by atoms with Gasteiger partial charge < -0.3 is 10.1 Å². The van der Waals surface area contributed by atoms with Crippen LogP contribution >= 0.6 is 0 Å². The van der Waals surface area contributed by atoms with E-state index < -0.39 is 46.0 Å². The van der Waals surface area contributed by atoms with Gasteiger partial charge in [0.15, 0.2) is 6.61 Å². The molecule has 186 valence electrons. The molecule has 0 radical (unpaired) electrons. The minimum atomic E-state index is -3.67. The van der Waals surface area contributed by atoms with Gasteiger partial charge in [-0.2, -0.15) is 9.31 Å². The van der Waals surface area contributed by atoms with Crippen molar-refractivity contribution in [2.75, 3.05) is 19.7 Å². The van der Waals surface area contributed by atoms with Gasteiger partial charge in [0.2, 0.25) is 10.0 Å². The van der Waals surface area contributed by atoms with E-state index in [0.717, 1.165) is 12.8 Å². The van der Waals surface area contributed by atoms with E-state index in [4.69, 9.17) is 4.74 Å². The van der Waals surface area contributed by atoms with E-state index in [-0.39, 0.29) is 10.5 Å². The summed E-state index contributed by atoms with van der Waals surface area (Å²) in [5, 5.41) is 3.32. The lowest BCUT2D eigenvalue weighted by molar-refractivity contribution is -0.141. The zero-order valence-electron chi connectivity index (χ0n) is 19.5. The van der Waals surface area contributed by atoms with E-state index in [2.05, 4.69) is 17.7 Å². The first-order valence-electron chi connectivity index (χ1n) is 11.3. The fraction of sp³-hybridized carbons (Fsp3) is 0.545. The third-order valence-electron chi connectivity index (χ3n) is 6.29. The van der Waals surface area contributed by atoms with Gasteiger partial charge in [-0.25, -0.2) is 18.0 Å². The van der Waals surface area contributed by atoms with Gasteiger partial charge in [0, 0.05) is 13.1 Å². The molecule has 0 atom stereocenters. The minimum Gasteiger partial charge on any atom is -0.452 e. The Morgan fingerprint density at radius 2 is 1.74 bits per heavy atom. The molecule has 12 heteroatoms. The second-order valence-electron chi connectivity index (χ2n) is 8.56. The lowest BCUT2D eigenvalue weighted by Crippen LogP contribution is -2.52. The Bertz CT molecular complexity index is 1060. The molecule has 11 nitrogen and oxygen atoms in total. The van der Waals surface area contributed by atoms with E-state index in [1.807, 2.05) is 0 Å². The maximum absolute atomic E-state index is 12.8. The average Bonchev–Trinajstić information content (AvgIpc) is 3.04. The quantitative estimate of drug-likeness (QED) is 0.411. The van der Waals surface area contributed by atoms with Gasteiger partial charge in [0.25, 0.3) is 11.8 Å². The van der Waals surface area contributed by atoms with Crippen molar-refractivity contribution >= 4 is 33.8 Å². The highest BCUT2D eigenvalue weighted by molar-refractivity contribution is 7.89. The van der Waals surface area contributed by atoms with Crippen LogP contribution in [0.5, 0.6) is 0 Å². The fourth-order valence-corrected chi connectivity index (χ4v) is 5.62. The summed E-state index contributed by atoms with van der Waals surface area (Å²) in [6, 6.07) is 4.46. The summed E-state index contributed by atoms with van der Waals surface area (Å²) in [6.07, 6.45) is 2.58. The summed E-state index contributed by atoms with van der Waals surface area (Å²) in [5.74, 6) is -1.76. The molecule has 0 aromatic heterocycles. The standard InChI is InChI=1S/C22H30N4O7S/c1-4-25(5-2)34(31,32)17-8-6-16(7-9-17)19(28)33-14-18(27)24-26-20(29)22(23-21(26)30)12-10-15(3)11-13-22/h6-9,15H,4-5,10-14H2,1-3H3,(H,23,30)(H,24,27). The van der Waals surface area contributed by atoms with Gasteiger partial charge in [0.05, 0.1) is 10.5 Å². The lowest BCUT2D eigenvalue weighted by Gasteiger charge is -2.33. The van der Waals surface area contributed by atoms with Crippen LogP contribution in [0.3, 0.4) is 0 Å². The normalized spacial score (nSPS) is 22.7. The van der Waals surface area contributed by atoms with Crippen LogP contribution in [0.15, 0.2) is 29.2 Å². The van der Waals surface area contributed by atoms with Crippen molar-refractivity contribution in [3.63, 3.8) is 0 Å².